The number of hydrogen-bond acceptors (Lipinski definition) is 7. The van der Waals surface area contributed by atoms with E-state index in [4.69, 9.17) is 0 Å². The van der Waals surface area contributed by atoms with E-state index in [9.17, 15) is 17.6 Å². The van der Waals surface area contributed by atoms with Crippen molar-refractivity contribution >= 4 is 22.8 Å². The quantitative estimate of drug-likeness (QED) is 0.368. The van der Waals surface area contributed by atoms with E-state index in [1.807, 2.05) is 6.07 Å². The van der Waals surface area contributed by atoms with Crippen LogP contribution in [-0.4, -0.2) is 62.0 Å². The zero-order valence-corrected chi connectivity index (χ0v) is 20.3. The van der Waals surface area contributed by atoms with Crippen molar-refractivity contribution in [3.8, 4) is 11.3 Å². The third kappa shape index (κ3) is 3.90. The highest BCUT2D eigenvalue weighted by Gasteiger charge is 2.47. The smallest absolute Gasteiger partial charge is 0.259 e. The number of anilines is 2. The van der Waals surface area contributed by atoms with Gasteiger partial charge in [-0.05, 0) is 30.2 Å². The molecule has 1 aromatic carbocycles. The van der Waals surface area contributed by atoms with Crippen LogP contribution in [-0.2, 0) is 13.0 Å². The Kier molecular flexibility index (Phi) is 5.38. The van der Waals surface area contributed by atoms with Crippen LogP contribution in [0.5, 0.6) is 0 Å². The SMILES string of the molecule is Fc1cnc(Nc2ccc(CN3CC4(CNC4)C3)cn2)nc1-c1cc(F)c2nc3n(c2c1)C(C(F)F)CC3. The van der Waals surface area contributed by atoms with Crippen LogP contribution < -0.4 is 10.6 Å². The summed E-state index contributed by atoms with van der Waals surface area (Å²) in [5.41, 5.74) is 1.69. The summed E-state index contributed by atoms with van der Waals surface area (Å²) in [6, 6.07) is 5.24. The summed E-state index contributed by atoms with van der Waals surface area (Å²) in [6.45, 7) is 5.18. The Morgan fingerprint density at radius 2 is 1.89 bits per heavy atom. The summed E-state index contributed by atoms with van der Waals surface area (Å²) >= 11 is 0. The molecule has 0 aliphatic carbocycles. The minimum Gasteiger partial charge on any atom is -0.319 e. The Bertz CT molecular complexity index is 1520. The number of hydrogen-bond donors (Lipinski definition) is 2. The average molecular weight is 525 g/mol. The summed E-state index contributed by atoms with van der Waals surface area (Å²) in [7, 11) is 0. The predicted molar refractivity (Wildman–Crippen MR) is 132 cm³/mol. The molecule has 2 fully saturated rings. The third-order valence-electron chi connectivity index (χ3n) is 7.71. The largest absolute Gasteiger partial charge is 0.319 e. The van der Waals surface area contributed by atoms with E-state index in [1.165, 1.54) is 10.6 Å². The highest BCUT2D eigenvalue weighted by molar-refractivity contribution is 5.83. The molecular formula is C26H24F4N8. The van der Waals surface area contributed by atoms with Gasteiger partial charge in [-0.2, -0.15) is 0 Å². The molecule has 3 aliphatic heterocycles. The summed E-state index contributed by atoms with van der Waals surface area (Å²) in [4.78, 5) is 19.3. The molecule has 1 atom stereocenters. The second-order valence-corrected chi connectivity index (χ2v) is 10.5. The molecule has 38 heavy (non-hydrogen) atoms. The van der Waals surface area contributed by atoms with Gasteiger partial charge in [0.15, 0.2) is 11.6 Å². The van der Waals surface area contributed by atoms with Crippen LogP contribution in [0.15, 0.2) is 36.7 Å². The number of pyridine rings is 1. The fraction of sp³-hybridized carbons (Fsp3) is 0.385. The summed E-state index contributed by atoms with van der Waals surface area (Å²) < 4.78 is 58.3. The van der Waals surface area contributed by atoms with Gasteiger partial charge in [0.05, 0.1) is 17.8 Å². The molecule has 7 rings (SSSR count). The molecule has 0 amide bonds. The Morgan fingerprint density at radius 3 is 2.61 bits per heavy atom. The van der Waals surface area contributed by atoms with Crippen LogP contribution in [0.1, 0.15) is 23.9 Å². The second kappa shape index (κ2) is 8.70. The van der Waals surface area contributed by atoms with Gasteiger partial charge in [-0.15, -0.1) is 0 Å². The number of nitrogens with zero attached hydrogens (tertiary/aromatic N) is 6. The Balaban J connectivity index is 1.12. The first-order valence-electron chi connectivity index (χ1n) is 12.5. The molecule has 2 saturated heterocycles. The van der Waals surface area contributed by atoms with Gasteiger partial charge in [0.25, 0.3) is 6.43 Å². The van der Waals surface area contributed by atoms with E-state index < -0.39 is 24.1 Å². The van der Waals surface area contributed by atoms with Crippen molar-refractivity contribution in [2.75, 3.05) is 31.5 Å². The molecule has 0 bridgehead atoms. The van der Waals surface area contributed by atoms with Crippen molar-refractivity contribution in [2.45, 2.75) is 31.9 Å². The highest BCUT2D eigenvalue weighted by atomic mass is 19.3. The number of likely N-dealkylation sites (tertiary alicyclic amines) is 1. The van der Waals surface area contributed by atoms with Gasteiger partial charge < -0.3 is 15.2 Å². The number of benzene rings is 1. The molecule has 1 unspecified atom stereocenters. The molecule has 1 spiro atoms. The third-order valence-corrected chi connectivity index (χ3v) is 7.71. The van der Waals surface area contributed by atoms with Crippen LogP contribution in [0, 0.1) is 17.0 Å². The summed E-state index contributed by atoms with van der Waals surface area (Å²) in [5, 5.41) is 6.29. The minimum atomic E-state index is -2.62. The number of rotatable bonds is 6. The monoisotopic (exact) mass is 524 g/mol. The van der Waals surface area contributed by atoms with Gasteiger partial charge in [-0.1, -0.05) is 6.07 Å². The van der Waals surface area contributed by atoms with Crippen molar-refractivity contribution in [2.24, 2.45) is 5.41 Å². The van der Waals surface area contributed by atoms with Gasteiger partial charge in [-0.25, -0.2) is 37.5 Å². The van der Waals surface area contributed by atoms with Crippen LogP contribution in [0.3, 0.4) is 0 Å². The van der Waals surface area contributed by atoms with Crippen molar-refractivity contribution in [1.82, 2.24) is 34.7 Å². The molecule has 12 heteroatoms. The maximum atomic E-state index is 15.0. The molecule has 196 valence electrons. The molecule has 3 aliphatic rings. The number of fused-ring (bicyclic) bond motifs is 3. The first kappa shape index (κ1) is 23.5. The lowest BCUT2D eigenvalue weighted by atomic mass is 9.74. The van der Waals surface area contributed by atoms with Crippen molar-refractivity contribution < 1.29 is 17.6 Å². The molecule has 4 aromatic rings. The molecular weight excluding hydrogens is 500 g/mol. The Labute approximate surface area is 215 Å². The van der Waals surface area contributed by atoms with E-state index in [0.717, 1.165) is 50.6 Å². The first-order chi connectivity index (χ1) is 18.4. The van der Waals surface area contributed by atoms with Gasteiger partial charge >= 0.3 is 0 Å². The van der Waals surface area contributed by atoms with Crippen molar-refractivity contribution in [3.05, 3.63) is 59.7 Å². The molecule has 0 saturated carbocycles. The lowest BCUT2D eigenvalue weighted by Crippen LogP contribution is -2.70. The lowest BCUT2D eigenvalue weighted by molar-refractivity contribution is -0.0444. The maximum Gasteiger partial charge on any atom is 0.259 e. The second-order valence-electron chi connectivity index (χ2n) is 10.5. The van der Waals surface area contributed by atoms with Crippen molar-refractivity contribution in [1.29, 1.82) is 0 Å². The molecule has 6 heterocycles. The standard InChI is InChI=1S/C26H24F4N8/c27-16-5-15(6-19-23(16)35-21-4-2-18(24(29)30)38(19)21)22-17(28)8-33-25(36-22)34-20-3-1-14(7-32-20)9-37-12-26(13-37)10-31-11-26/h1,3,5-8,18,24,31H,2,4,9-13H2,(H,32,33,34,36). The summed E-state index contributed by atoms with van der Waals surface area (Å²) in [5.74, 6) is -0.537. The zero-order valence-electron chi connectivity index (χ0n) is 20.3. The molecule has 0 radical (unpaired) electrons. The van der Waals surface area contributed by atoms with Crippen LogP contribution >= 0.6 is 0 Å². The van der Waals surface area contributed by atoms with Crippen molar-refractivity contribution in [3.63, 3.8) is 0 Å². The number of halogens is 4. The topological polar surface area (TPSA) is 83.8 Å². The van der Waals surface area contributed by atoms with E-state index >= 15 is 0 Å². The fourth-order valence-corrected chi connectivity index (χ4v) is 5.84. The van der Waals surface area contributed by atoms with Gasteiger partial charge in [0.1, 0.15) is 22.9 Å². The molecule has 3 aromatic heterocycles. The van der Waals surface area contributed by atoms with E-state index in [0.29, 0.717) is 23.5 Å². The minimum absolute atomic E-state index is 0.0102. The van der Waals surface area contributed by atoms with Gasteiger partial charge in [0.2, 0.25) is 5.95 Å². The lowest BCUT2D eigenvalue weighted by Gasteiger charge is -2.56. The molecule has 2 N–H and O–H groups in total. The van der Waals surface area contributed by atoms with Gasteiger partial charge in [-0.3, -0.25) is 4.90 Å². The summed E-state index contributed by atoms with van der Waals surface area (Å²) in [6.07, 6.45) is 0.697. The zero-order chi connectivity index (χ0) is 26.0. The normalized spacial score (nSPS) is 20.1. The van der Waals surface area contributed by atoms with Gasteiger partial charge in [0, 0.05) is 56.3 Å². The maximum absolute atomic E-state index is 15.0. The number of aromatic nitrogens is 5. The Morgan fingerprint density at radius 1 is 1.05 bits per heavy atom. The average Bonchev–Trinajstić information content (AvgIpc) is 3.42. The fourth-order valence-electron chi connectivity index (χ4n) is 5.84. The highest BCUT2D eigenvalue weighted by Crippen LogP contribution is 2.38. The first-order valence-corrected chi connectivity index (χ1v) is 12.5. The number of imidazole rings is 1. The van der Waals surface area contributed by atoms with Crippen LogP contribution in [0.25, 0.3) is 22.3 Å². The van der Waals surface area contributed by atoms with Crippen LogP contribution in [0.2, 0.25) is 0 Å². The van der Waals surface area contributed by atoms with E-state index in [2.05, 4.69) is 35.5 Å². The van der Waals surface area contributed by atoms with E-state index in [1.54, 1.807) is 12.3 Å². The number of alkyl halides is 2. The molecule has 8 nitrogen and oxygen atoms in total. The van der Waals surface area contributed by atoms with E-state index in [-0.39, 0.29) is 34.7 Å². The number of aryl methyl sites for hydroxylation is 1. The Hall–Kier alpha value is -3.64. The number of nitrogens with one attached hydrogen (secondary N) is 2. The van der Waals surface area contributed by atoms with Crippen LogP contribution in [0.4, 0.5) is 29.3 Å². The predicted octanol–water partition coefficient (Wildman–Crippen LogP) is 4.07.